The third-order valence-electron chi connectivity index (χ3n) is 5.65. The summed E-state index contributed by atoms with van der Waals surface area (Å²) in [4.78, 5) is 0. The van der Waals surface area contributed by atoms with Crippen LogP contribution in [0.1, 0.15) is 50.5 Å². The average Bonchev–Trinajstić information content (AvgIpc) is 3.28. The van der Waals surface area contributed by atoms with Gasteiger partial charge in [-0.1, -0.05) is 50.1 Å². The molecule has 104 valence electrons. The smallest absolute Gasteiger partial charge is 0.00461 e. The first-order valence-electron chi connectivity index (χ1n) is 8.08. The van der Waals surface area contributed by atoms with Gasteiger partial charge in [-0.05, 0) is 61.0 Å². The third kappa shape index (κ3) is 2.72. The molecule has 19 heavy (non-hydrogen) atoms. The molecule has 0 saturated heterocycles. The minimum absolute atomic E-state index is 0.793. The van der Waals surface area contributed by atoms with Crippen LogP contribution in [0.15, 0.2) is 30.3 Å². The molecule has 0 spiro atoms. The molecule has 1 aromatic rings. The molecule has 5 atom stereocenters. The number of hydrogen-bond donors (Lipinski definition) is 1. The molecule has 5 unspecified atom stereocenters. The van der Waals surface area contributed by atoms with E-state index in [2.05, 4.69) is 37.3 Å². The number of hydrogen-bond acceptors (Lipinski definition) is 1. The van der Waals surface area contributed by atoms with Crippen molar-refractivity contribution in [3.63, 3.8) is 0 Å². The van der Waals surface area contributed by atoms with Gasteiger partial charge in [-0.25, -0.2) is 0 Å². The fraction of sp³-hybridized carbons (Fsp3) is 0.667. The normalized spacial score (nSPS) is 38.1. The second kappa shape index (κ2) is 5.66. The Hall–Kier alpha value is -0.820. The van der Waals surface area contributed by atoms with Crippen LogP contribution < -0.4 is 5.73 Å². The first kappa shape index (κ1) is 13.2. The van der Waals surface area contributed by atoms with Gasteiger partial charge in [0.1, 0.15) is 0 Å². The standard InChI is InChI=1S/C18H27N/c1-2-13-8-9-15(12-19)16(10-13)18-11-17(18)14-6-4-3-5-7-14/h3-7,13,15-18H,2,8-12,19H2,1H3. The molecule has 1 heteroatoms. The second-order valence-corrected chi connectivity index (χ2v) is 6.66. The Morgan fingerprint density at radius 3 is 2.53 bits per heavy atom. The molecule has 3 rings (SSSR count). The zero-order valence-corrected chi connectivity index (χ0v) is 12.1. The summed E-state index contributed by atoms with van der Waals surface area (Å²) in [5.41, 5.74) is 7.59. The summed E-state index contributed by atoms with van der Waals surface area (Å²) >= 11 is 0. The molecule has 1 aromatic carbocycles. The highest BCUT2D eigenvalue weighted by Gasteiger charge is 2.47. The van der Waals surface area contributed by atoms with Crippen molar-refractivity contribution in [1.29, 1.82) is 0 Å². The molecule has 2 fully saturated rings. The molecule has 0 aromatic heterocycles. The highest BCUT2D eigenvalue weighted by molar-refractivity contribution is 5.26. The van der Waals surface area contributed by atoms with Crippen LogP contribution in [0.4, 0.5) is 0 Å². The Bertz CT molecular complexity index is 399. The van der Waals surface area contributed by atoms with Crippen LogP contribution in [0.25, 0.3) is 0 Å². The van der Waals surface area contributed by atoms with Gasteiger partial charge in [-0.3, -0.25) is 0 Å². The van der Waals surface area contributed by atoms with Crippen molar-refractivity contribution in [2.24, 2.45) is 29.4 Å². The molecular weight excluding hydrogens is 230 g/mol. The summed E-state index contributed by atoms with van der Waals surface area (Å²) in [5, 5.41) is 0. The van der Waals surface area contributed by atoms with Crippen molar-refractivity contribution < 1.29 is 0 Å². The van der Waals surface area contributed by atoms with Crippen molar-refractivity contribution in [3.8, 4) is 0 Å². The molecule has 0 aliphatic heterocycles. The zero-order valence-electron chi connectivity index (χ0n) is 12.1. The maximum Gasteiger partial charge on any atom is -0.00461 e. The van der Waals surface area contributed by atoms with E-state index in [1.165, 1.54) is 32.1 Å². The van der Waals surface area contributed by atoms with Gasteiger partial charge in [-0.15, -0.1) is 0 Å². The van der Waals surface area contributed by atoms with Crippen molar-refractivity contribution in [3.05, 3.63) is 35.9 Å². The molecular formula is C18H27N. The highest BCUT2D eigenvalue weighted by Crippen LogP contribution is 2.57. The van der Waals surface area contributed by atoms with E-state index in [1.807, 2.05) is 0 Å². The summed E-state index contributed by atoms with van der Waals surface area (Å²) < 4.78 is 0. The van der Waals surface area contributed by atoms with E-state index in [9.17, 15) is 0 Å². The van der Waals surface area contributed by atoms with Gasteiger partial charge >= 0.3 is 0 Å². The molecule has 2 aliphatic rings. The number of rotatable bonds is 4. The quantitative estimate of drug-likeness (QED) is 0.860. The molecule has 1 nitrogen and oxygen atoms in total. The molecule has 0 bridgehead atoms. The summed E-state index contributed by atoms with van der Waals surface area (Å²) in [6, 6.07) is 11.1. The van der Waals surface area contributed by atoms with Crippen LogP contribution >= 0.6 is 0 Å². The van der Waals surface area contributed by atoms with Crippen LogP contribution in [-0.4, -0.2) is 6.54 Å². The van der Waals surface area contributed by atoms with E-state index < -0.39 is 0 Å². The Balaban J connectivity index is 1.68. The predicted molar refractivity (Wildman–Crippen MR) is 81.0 cm³/mol. The van der Waals surface area contributed by atoms with E-state index >= 15 is 0 Å². The van der Waals surface area contributed by atoms with Gasteiger partial charge in [0, 0.05) is 0 Å². The number of nitrogens with two attached hydrogens (primary N) is 1. The topological polar surface area (TPSA) is 26.0 Å². The first-order valence-corrected chi connectivity index (χ1v) is 8.08. The Kier molecular flexibility index (Phi) is 3.93. The summed E-state index contributed by atoms with van der Waals surface area (Å²) in [6.07, 6.45) is 6.99. The molecule has 0 radical (unpaired) electrons. The van der Waals surface area contributed by atoms with E-state index in [4.69, 9.17) is 5.73 Å². The van der Waals surface area contributed by atoms with Crippen molar-refractivity contribution in [2.75, 3.05) is 6.54 Å². The van der Waals surface area contributed by atoms with Gasteiger partial charge in [0.2, 0.25) is 0 Å². The van der Waals surface area contributed by atoms with Crippen molar-refractivity contribution >= 4 is 0 Å². The minimum Gasteiger partial charge on any atom is -0.330 e. The predicted octanol–water partition coefficient (Wildman–Crippen LogP) is 4.19. The second-order valence-electron chi connectivity index (χ2n) is 6.66. The lowest BCUT2D eigenvalue weighted by molar-refractivity contribution is 0.158. The monoisotopic (exact) mass is 257 g/mol. The van der Waals surface area contributed by atoms with E-state index in [1.54, 1.807) is 5.56 Å². The maximum absolute atomic E-state index is 6.03. The van der Waals surface area contributed by atoms with E-state index in [-0.39, 0.29) is 0 Å². The Morgan fingerprint density at radius 2 is 1.84 bits per heavy atom. The Labute approximate surface area is 117 Å². The fourth-order valence-corrected chi connectivity index (χ4v) is 4.32. The maximum atomic E-state index is 6.03. The minimum atomic E-state index is 0.793. The number of benzene rings is 1. The van der Waals surface area contributed by atoms with Crippen LogP contribution in [0, 0.1) is 23.7 Å². The molecule has 0 amide bonds. The summed E-state index contributed by atoms with van der Waals surface area (Å²) in [7, 11) is 0. The van der Waals surface area contributed by atoms with Crippen LogP contribution in [0.3, 0.4) is 0 Å². The fourth-order valence-electron chi connectivity index (χ4n) is 4.32. The molecule has 2 N–H and O–H groups in total. The lowest BCUT2D eigenvalue weighted by Gasteiger charge is -2.36. The van der Waals surface area contributed by atoms with Crippen molar-refractivity contribution in [1.82, 2.24) is 0 Å². The molecule has 0 heterocycles. The lowest BCUT2D eigenvalue weighted by Crippen LogP contribution is -2.31. The SMILES string of the molecule is CCC1CCC(CN)C(C2CC2c2ccccc2)C1. The van der Waals surface area contributed by atoms with Gasteiger partial charge in [0.15, 0.2) is 0 Å². The van der Waals surface area contributed by atoms with Crippen LogP contribution in [0.5, 0.6) is 0 Å². The lowest BCUT2D eigenvalue weighted by atomic mass is 9.70. The first-order chi connectivity index (χ1) is 9.33. The van der Waals surface area contributed by atoms with E-state index in [0.717, 1.165) is 36.1 Å². The van der Waals surface area contributed by atoms with Crippen LogP contribution in [-0.2, 0) is 0 Å². The zero-order chi connectivity index (χ0) is 13.2. The average molecular weight is 257 g/mol. The van der Waals surface area contributed by atoms with Gasteiger partial charge in [-0.2, -0.15) is 0 Å². The Morgan fingerprint density at radius 1 is 1.05 bits per heavy atom. The largest absolute Gasteiger partial charge is 0.330 e. The molecule has 2 aliphatic carbocycles. The summed E-state index contributed by atoms with van der Waals surface area (Å²) in [5.74, 6) is 4.40. The molecule has 2 saturated carbocycles. The third-order valence-corrected chi connectivity index (χ3v) is 5.65. The van der Waals surface area contributed by atoms with Gasteiger partial charge < -0.3 is 5.73 Å². The summed E-state index contributed by atoms with van der Waals surface area (Å²) in [6.45, 7) is 3.26. The van der Waals surface area contributed by atoms with Gasteiger partial charge in [0.25, 0.3) is 0 Å². The van der Waals surface area contributed by atoms with Gasteiger partial charge in [0.05, 0.1) is 0 Å². The van der Waals surface area contributed by atoms with E-state index in [0.29, 0.717) is 0 Å². The van der Waals surface area contributed by atoms with Crippen LogP contribution in [0.2, 0.25) is 0 Å². The highest BCUT2D eigenvalue weighted by atomic mass is 14.6. The van der Waals surface area contributed by atoms with Crippen molar-refractivity contribution in [2.45, 2.75) is 44.9 Å².